The minimum atomic E-state index is -1.03. The summed E-state index contributed by atoms with van der Waals surface area (Å²) < 4.78 is 16.1. The molecule has 12 heavy (non-hydrogen) atoms. The van der Waals surface area contributed by atoms with Gasteiger partial charge in [-0.15, -0.1) is 0 Å². The number of alkyl halides is 1. The SMILES string of the molecule is N#Cc1ccc(Cl)nc1OCF. The molecule has 0 unspecified atom stereocenters. The van der Waals surface area contributed by atoms with Crippen molar-refractivity contribution in [3.05, 3.63) is 22.8 Å². The normalized spacial score (nSPS) is 9.08. The van der Waals surface area contributed by atoms with E-state index in [1.54, 1.807) is 6.07 Å². The number of hydrogen-bond acceptors (Lipinski definition) is 3. The Labute approximate surface area is 73.4 Å². The predicted molar refractivity (Wildman–Crippen MR) is 40.6 cm³/mol. The first kappa shape index (κ1) is 8.75. The largest absolute Gasteiger partial charge is 0.445 e. The van der Waals surface area contributed by atoms with E-state index in [-0.39, 0.29) is 16.6 Å². The third kappa shape index (κ3) is 1.83. The molecule has 0 amide bonds. The number of ether oxygens (including phenoxy) is 1. The summed E-state index contributed by atoms with van der Waals surface area (Å²) in [6.07, 6.45) is 0. The molecule has 0 aliphatic rings. The summed E-state index contributed by atoms with van der Waals surface area (Å²) in [5.74, 6) is -0.0764. The van der Waals surface area contributed by atoms with Gasteiger partial charge >= 0.3 is 0 Å². The first-order valence-corrected chi connectivity index (χ1v) is 3.41. The van der Waals surface area contributed by atoms with Crippen molar-refractivity contribution in [2.45, 2.75) is 0 Å². The van der Waals surface area contributed by atoms with Crippen LogP contribution in [0.15, 0.2) is 12.1 Å². The van der Waals surface area contributed by atoms with Crippen molar-refractivity contribution >= 4 is 11.6 Å². The lowest BCUT2D eigenvalue weighted by Crippen LogP contribution is -1.96. The number of halogens is 2. The van der Waals surface area contributed by atoms with Gasteiger partial charge in [0, 0.05) is 0 Å². The van der Waals surface area contributed by atoms with E-state index in [4.69, 9.17) is 16.9 Å². The third-order valence-corrected chi connectivity index (χ3v) is 1.35. The first-order chi connectivity index (χ1) is 5.77. The molecule has 0 aliphatic carbocycles. The van der Waals surface area contributed by atoms with Gasteiger partial charge in [-0.25, -0.2) is 9.37 Å². The van der Waals surface area contributed by atoms with Crippen molar-refractivity contribution < 1.29 is 9.13 Å². The molecule has 0 aliphatic heterocycles. The number of aromatic nitrogens is 1. The average molecular weight is 187 g/mol. The molecule has 1 aromatic heterocycles. The minimum absolute atomic E-state index is 0.0764. The molecule has 62 valence electrons. The topological polar surface area (TPSA) is 45.9 Å². The molecule has 0 radical (unpaired) electrons. The van der Waals surface area contributed by atoms with E-state index in [2.05, 4.69) is 9.72 Å². The van der Waals surface area contributed by atoms with Gasteiger partial charge in [-0.05, 0) is 12.1 Å². The second-order valence-electron chi connectivity index (χ2n) is 1.85. The molecule has 0 aromatic carbocycles. The summed E-state index contributed by atoms with van der Waals surface area (Å²) in [7, 11) is 0. The van der Waals surface area contributed by atoms with Crippen LogP contribution in [0.1, 0.15) is 5.56 Å². The van der Waals surface area contributed by atoms with Crippen LogP contribution in [0.5, 0.6) is 5.88 Å². The van der Waals surface area contributed by atoms with Crippen LogP contribution in [-0.2, 0) is 0 Å². The molecule has 3 nitrogen and oxygen atoms in total. The molecule has 0 fully saturated rings. The van der Waals surface area contributed by atoms with Crippen LogP contribution in [0.25, 0.3) is 0 Å². The van der Waals surface area contributed by atoms with Crippen LogP contribution in [0.3, 0.4) is 0 Å². The number of rotatable bonds is 2. The Balaban J connectivity index is 3.06. The second kappa shape index (κ2) is 3.88. The van der Waals surface area contributed by atoms with Crippen molar-refractivity contribution in [1.82, 2.24) is 4.98 Å². The van der Waals surface area contributed by atoms with Crippen LogP contribution in [0.4, 0.5) is 4.39 Å². The standard InChI is InChI=1S/C7H4ClFN2O/c8-6-2-1-5(3-10)7(11-6)12-4-9/h1-2H,4H2. The van der Waals surface area contributed by atoms with E-state index in [0.29, 0.717) is 0 Å². The van der Waals surface area contributed by atoms with Crippen molar-refractivity contribution in [1.29, 1.82) is 5.26 Å². The van der Waals surface area contributed by atoms with Crippen LogP contribution < -0.4 is 4.74 Å². The van der Waals surface area contributed by atoms with Gasteiger partial charge in [0.25, 0.3) is 0 Å². The summed E-state index contributed by atoms with van der Waals surface area (Å²) in [5, 5.41) is 8.66. The summed E-state index contributed by atoms with van der Waals surface area (Å²) in [6.45, 7) is -1.03. The maximum atomic E-state index is 11.7. The Hall–Kier alpha value is -1.34. The molecule has 0 spiro atoms. The molecule has 1 rings (SSSR count). The van der Waals surface area contributed by atoms with Crippen LogP contribution >= 0.6 is 11.6 Å². The Morgan fingerprint density at radius 1 is 1.67 bits per heavy atom. The number of hydrogen-bond donors (Lipinski definition) is 0. The summed E-state index contributed by atoms with van der Waals surface area (Å²) >= 11 is 5.49. The molecule has 5 heteroatoms. The Morgan fingerprint density at radius 3 is 3.00 bits per heavy atom. The molecule has 1 aromatic rings. The van der Waals surface area contributed by atoms with E-state index in [0.717, 1.165) is 0 Å². The quantitative estimate of drug-likeness (QED) is 0.663. The highest BCUT2D eigenvalue weighted by Gasteiger charge is 2.04. The summed E-state index contributed by atoms with van der Waals surface area (Å²) in [6, 6.07) is 4.65. The molecule has 0 bridgehead atoms. The predicted octanol–water partition coefficient (Wildman–Crippen LogP) is 1.91. The smallest absolute Gasteiger partial charge is 0.235 e. The zero-order chi connectivity index (χ0) is 8.97. The van der Waals surface area contributed by atoms with E-state index in [1.807, 2.05) is 0 Å². The fourth-order valence-electron chi connectivity index (χ4n) is 0.665. The van der Waals surface area contributed by atoms with Gasteiger partial charge in [0.1, 0.15) is 16.8 Å². The third-order valence-electron chi connectivity index (χ3n) is 1.14. The summed E-state index contributed by atoms with van der Waals surface area (Å²) in [5.41, 5.74) is 0.164. The van der Waals surface area contributed by atoms with E-state index < -0.39 is 6.86 Å². The minimum Gasteiger partial charge on any atom is -0.445 e. The molecule has 0 saturated heterocycles. The van der Waals surface area contributed by atoms with Gasteiger partial charge in [-0.1, -0.05) is 11.6 Å². The maximum Gasteiger partial charge on any atom is 0.235 e. The number of pyridine rings is 1. The van der Waals surface area contributed by atoms with Gasteiger partial charge in [0.05, 0.1) is 0 Å². The molecule has 0 saturated carbocycles. The molecular formula is C7H4ClFN2O. The van der Waals surface area contributed by atoms with Gasteiger partial charge in [0.2, 0.25) is 12.7 Å². The van der Waals surface area contributed by atoms with Crippen molar-refractivity contribution in [3.63, 3.8) is 0 Å². The second-order valence-corrected chi connectivity index (χ2v) is 2.24. The average Bonchev–Trinajstić information content (AvgIpc) is 2.05. The van der Waals surface area contributed by atoms with Gasteiger partial charge in [-0.3, -0.25) is 0 Å². The highest BCUT2D eigenvalue weighted by molar-refractivity contribution is 6.29. The monoisotopic (exact) mass is 186 g/mol. The zero-order valence-corrected chi connectivity index (χ0v) is 6.68. The maximum absolute atomic E-state index is 11.7. The van der Waals surface area contributed by atoms with Gasteiger partial charge < -0.3 is 4.74 Å². The Bertz CT molecular complexity index is 324. The van der Waals surface area contributed by atoms with Gasteiger partial charge in [0.15, 0.2) is 0 Å². The Kier molecular flexibility index (Phi) is 2.83. The molecule has 1 heterocycles. The fraction of sp³-hybridized carbons (Fsp3) is 0.143. The van der Waals surface area contributed by atoms with Crippen LogP contribution in [-0.4, -0.2) is 11.8 Å². The summed E-state index contributed by atoms with van der Waals surface area (Å²) in [4.78, 5) is 3.61. The van der Waals surface area contributed by atoms with E-state index in [1.165, 1.54) is 12.1 Å². The van der Waals surface area contributed by atoms with E-state index in [9.17, 15) is 4.39 Å². The zero-order valence-electron chi connectivity index (χ0n) is 5.92. The highest BCUT2D eigenvalue weighted by Crippen LogP contribution is 2.17. The molecular weight excluding hydrogens is 183 g/mol. The lowest BCUT2D eigenvalue weighted by Gasteiger charge is -2.01. The van der Waals surface area contributed by atoms with E-state index >= 15 is 0 Å². The van der Waals surface area contributed by atoms with Crippen molar-refractivity contribution in [2.24, 2.45) is 0 Å². The van der Waals surface area contributed by atoms with Crippen molar-refractivity contribution in [3.8, 4) is 11.9 Å². The van der Waals surface area contributed by atoms with Crippen LogP contribution in [0, 0.1) is 11.3 Å². The lowest BCUT2D eigenvalue weighted by atomic mass is 10.3. The first-order valence-electron chi connectivity index (χ1n) is 3.03. The molecule has 0 N–H and O–H groups in total. The molecule has 0 atom stereocenters. The van der Waals surface area contributed by atoms with Gasteiger partial charge in [-0.2, -0.15) is 5.26 Å². The Morgan fingerprint density at radius 2 is 2.42 bits per heavy atom. The van der Waals surface area contributed by atoms with Crippen LogP contribution in [0.2, 0.25) is 5.15 Å². The highest BCUT2D eigenvalue weighted by atomic mass is 35.5. The number of nitriles is 1. The fourth-order valence-corrected chi connectivity index (χ4v) is 0.804. The number of nitrogens with zero attached hydrogens (tertiary/aromatic N) is 2. The lowest BCUT2D eigenvalue weighted by molar-refractivity contribution is 0.184. The van der Waals surface area contributed by atoms with Crippen molar-refractivity contribution in [2.75, 3.05) is 6.86 Å².